The Morgan fingerprint density at radius 3 is 2.78 bits per heavy atom. The third-order valence-corrected chi connectivity index (χ3v) is 4.00. The van der Waals surface area contributed by atoms with E-state index in [1.54, 1.807) is 12.1 Å². The molecule has 8 heteroatoms. The number of benzene rings is 1. The SMILES string of the molecule is NCC(=O)OC(=O)c1c(O)c(-c2cccs2)cc2nccnc12. The molecule has 23 heavy (non-hydrogen) atoms. The molecule has 3 N–H and O–H groups in total. The van der Waals surface area contributed by atoms with Gasteiger partial charge in [-0.15, -0.1) is 11.3 Å². The summed E-state index contributed by atoms with van der Waals surface area (Å²) in [5.41, 5.74) is 5.91. The smallest absolute Gasteiger partial charge is 0.351 e. The quantitative estimate of drug-likeness (QED) is 0.555. The van der Waals surface area contributed by atoms with Gasteiger partial charge in [0.1, 0.15) is 16.8 Å². The molecule has 0 spiro atoms. The lowest BCUT2D eigenvalue weighted by atomic mass is 10.0. The van der Waals surface area contributed by atoms with E-state index in [1.165, 1.54) is 23.7 Å². The van der Waals surface area contributed by atoms with Gasteiger partial charge in [0.2, 0.25) is 0 Å². The molecule has 0 atom stereocenters. The number of ether oxygens (including phenoxy) is 1. The van der Waals surface area contributed by atoms with E-state index in [0.29, 0.717) is 11.1 Å². The Morgan fingerprint density at radius 1 is 1.30 bits per heavy atom. The van der Waals surface area contributed by atoms with Gasteiger partial charge in [-0.05, 0) is 17.5 Å². The van der Waals surface area contributed by atoms with Crippen molar-refractivity contribution < 1.29 is 19.4 Å². The number of hydrogen-bond donors (Lipinski definition) is 2. The van der Waals surface area contributed by atoms with Crippen LogP contribution < -0.4 is 5.73 Å². The number of thiophene rings is 1. The second kappa shape index (κ2) is 6.11. The third kappa shape index (κ3) is 2.77. The highest BCUT2D eigenvalue weighted by Gasteiger charge is 2.24. The number of rotatable bonds is 3. The lowest BCUT2D eigenvalue weighted by Crippen LogP contribution is -2.21. The molecule has 2 heterocycles. The number of aromatic hydroxyl groups is 1. The summed E-state index contributed by atoms with van der Waals surface area (Å²) in [6, 6.07) is 5.24. The van der Waals surface area contributed by atoms with Crippen LogP contribution in [-0.2, 0) is 9.53 Å². The summed E-state index contributed by atoms with van der Waals surface area (Å²) in [6.07, 6.45) is 2.85. The van der Waals surface area contributed by atoms with Crippen LogP contribution in [0.1, 0.15) is 10.4 Å². The molecule has 3 aromatic rings. The summed E-state index contributed by atoms with van der Waals surface area (Å²) < 4.78 is 4.62. The molecule has 2 aromatic heterocycles. The zero-order chi connectivity index (χ0) is 16.4. The number of phenolic OH excluding ortho intramolecular Hbond substituents is 1. The Balaban J connectivity index is 2.24. The topological polar surface area (TPSA) is 115 Å². The van der Waals surface area contributed by atoms with E-state index in [9.17, 15) is 14.7 Å². The molecule has 1 aromatic carbocycles. The normalized spacial score (nSPS) is 10.7. The largest absolute Gasteiger partial charge is 0.506 e. The lowest BCUT2D eigenvalue weighted by molar-refractivity contribution is -0.136. The molecule has 0 aliphatic rings. The number of phenols is 1. The van der Waals surface area contributed by atoms with Gasteiger partial charge in [0.05, 0.1) is 12.1 Å². The first kappa shape index (κ1) is 15.1. The molecule has 0 unspecified atom stereocenters. The average molecular weight is 329 g/mol. The first-order chi connectivity index (χ1) is 11.1. The molecule has 0 amide bonds. The van der Waals surface area contributed by atoms with E-state index in [2.05, 4.69) is 14.7 Å². The first-order valence-corrected chi connectivity index (χ1v) is 7.45. The number of aromatic nitrogens is 2. The fourth-order valence-corrected chi connectivity index (χ4v) is 2.85. The minimum absolute atomic E-state index is 0.153. The summed E-state index contributed by atoms with van der Waals surface area (Å²) in [5.74, 6) is -2.22. The first-order valence-electron chi connectivity index (χ1n) is 6.57. The Kier molecular flexibility index (Phi) is 4.00. The fraction of sp³-hybridized carbons (Fsp3) is 0.0667. The highest BCUT2D eigenvalue weighted by molar-refractivity contribution is 7.13. The van der Waals surface area contributed by atoms with Gasteiger partial charge in [-0.25, -0.2) is 4.79 Å². The van der Waals surface area contributed by atoms with E-state index in [1.807, 2.05) is 11.4 Å². The van der Waals surface area contributed by atoms with Crippen molar-refractivity contribution in [2.45, 2.75) is 0 Å². The maximum Gasteiger partial charge on any atom is 0.351 e. The van der Waals surface area contributed by atoms with Gasteiger partial charge in [0, 0.05) is 22.8 Å². The van der Waals surface area contributed by atoms with E-state index in [0.717, 1.165) is 4.88 Å². The molecule has 0 saturated carbocycles. The van der Waals surface area contributed by atoms with E-state index in [-0.39, 0.29) is 16.8 Å². The summed E-state index contributed by atoms with van der Waals surface area (Å²) in [4.78, 5) is 32.5. The lowest BCUT2D eigenvalue weighted by Gasteiger charge is -2.10. The Hall–Kier alpha value is -2.84. The van der Waals surface area contributed by atoms with Crippen molar-refractivity contribution in [3.63, 3.8) is 0 Å². The van der Waals surface area contributed by atoms with Crippen LogP contribution in [0.2, 0.25) is 0 Å². The minimum atomic E-state index is -1.01. The monoisotopic (exact) mass is 329 g/mol. The van der Waals surface area contributed by atoms with Gasteiger partial charge < -0.3 is 15.6 Å². The van der Waals surface area contributed by atoms with Crippen molar-refractivity contribution >= 4 is 34.3 Å². The van der Waals surface area contributed by atoms with Crippen molar-refractivity contribution in [3.8, 4) is 16.2 Å². The van der Waals surface area contributed by atoms with Crippen molar-refractivity contribution in [1.29, 1.82) is 0 Å². The predicted molar refractivity (Wildman–Crippen MR) is 84.0 cm³/mol. The van der Waals surface area contributed by atoms with Crippen molar-refractivity contribution in [2.24, 2.45) is 5.73 Å². The number of esters is 2. The molecule has 0 bridgehead atoms. The molecule has 116 valence electrons. The highest BCUT2D eigenvalue weighted by atomic mass is 32.1. The molecular weight excluding hydrogens is 318 g/mol. The summed E-state index contributed by atoms with van der Waals surface area (Å²) >= 11 is 1.39. The van der Waals surface area contributed by atoms with Crippen LogP contribution in [-0.4, -0.2) is 33.6 Å². The zero-order valence-corrected chi connectivity index (χ0v) is 12.5. The van der Waals surface area contributed by atoms with Crippen LogP contribution in [0.25, 0.3) is 21.5 Å². The van der Waals surface area contributed by atoms with E-state index < -0.39 is 18.5 Å². The summed E-state index contributed by atoms with van der Waals surface area (Å²) in [5, 5.41) is 12.3. The average Bonchev–Trinajstić information content (AvgIpc) is 3.08. The summed E-state index contributed by atoms with van der Waals surface area (Å²) in [6.45, 7) is -0.444. The molecular formula is C15H11N3O4S. The van der Waals surface area contributed by atoms with E-state index >= 15 is 0 Å². The number of carbonyl (C=O) groups excluding carboxylic acids is 2. The molecule has 0 aliphatic heterocycles. The molecule has 0 radical (unpaired) electrons. The van der Waals surface area contributed by atoms with Crippen LogP contribution in [0.4, 0.5) is 0 Å². The van der Waals surface area contributed by atoms with Crippen LogP contribution in [0, 0.1) is 0 Å². The highest BCUT2D eigenvalue weighted by Crippen LogP contribution is 2.38. The maximum atomic E-state index is 12.2. The number of nitrogens with zero attached hydrogens (tertiary/aromatic N) is 2. The maximum absolute atomic E-state index is 12.2. The minimum Gasteiger partial charge on any atom is -0.506 e. The van der Waals surface area contributed by atoms with Crippen molar-refractivity contribution in [2.75, 3.05) is 6.54 Å². The van der Waals surface area contributed by atoms with Crippen LogP contribution >= 0.6 is 11.3 Å². The van der Waals surface area contributed by atoms with Gasteiger partial charge in [-0.3, -0.25) is 14.8 Å². The van der Waals surface area contributed by atoms with Gasteiger partial charge in [-0.2, -0.15) is 0 Å². The van der Waals surface area contributed by atoms with Gasteiger partial charge in [0.15, 0.2) is 0 Å². The Morgan fingerprint density at radius 2 is 2.09 bits per heavy atom. The Labute approximate surface area is 134 Å². The van der Waals surface area contributed by atoms with Gasteiger partial charge in [0.25, 0.3) is 0 Å². The van der Waals surface area contributed by atoms with Gasteiger partial charge in [-0.1, -0.05) is 6.07 Å². The number of hydrogen-bond acceptors (Lipinski definition) is 8. The Bertz CT molecular complexity index is 893. The standard InChI is InChI=1S/C15H11N3O4S/c16-7-11(19)22-15(21)12-13-9(17-3-4-18-13)6-8(14(12)20)10-2-1-5-23-10/h1-6,20H,7,16H2. The van der Waals surface area contributed by atoms with Crippen LogP contribution in [0.5, 0.6) is 5.75 Å². The molecule has 0 aliphatic carbocycles. The van der Waals surface area contributed by atoms with Crippen molar-refractivity contribution in [1.82, 2.24) is 9.97 Å². The number of carbonyl (C=O) groups is 2. The third-order valence-electron chi connectivity index (χ3n) is 3.10. The van der Waals surface area contributed by atoms with E-state index in [4.69, 9.17) is 5.73 Å². The second-order valence-electron chi connectivity index (χ2n) is 4.51. The number of fused-ring (bicyclic) bond motifs is 1. The van der Waals surface area contributed by atoms with Gasteiger partial charge >= 0.3 is 11.9 Å². The number of nitrogens with two attached hydrogens (primary N) is 1. The zero-order valence-electron chi connectivity index (χ0n) is 11.7. The second-order valence-corrected chi connectivity index (χ2v) is 5.46. The fourth-order valence-electron chi connectivity index (χ4n) is 2.11. The van der Waals surface area contributed by atoms with Crippen LogP contribution in [0.15, 0.2) is 36.0 Å². The van der Waals surface area contributed by atoms with Crippen molar-refractivity contribution in [3.05, 3.63) is 41.5 Å². The van der Waals surface area contributed by atoms with Crippen LogP contribution in [0.3, 0.4) is 0 Å². The predicted octanol–water partition coefficient (Wildman–Crippen LogP) is 1.71. The molecule has 3 rings (SSSR count). The molecule has 0 fully saturated rings. The molecule has 7 nitrogen and oxygen atoms in total. The summed E-state index contributed by atoms with van der Waals surface area (Å²) in [7, 11) is 0. The molecule has 0 saturated heterocycles.